The van der Waals surface area contributed by atoms with Gasteiger partial charge in [0.1, 0.15) is 23.2 Å². The Balaban J connectivity index is 2.29. The van der Waals surface area contributed by atoms with Gasteiger partial charge in [0.2, 0.25) is 0 Å². The average molecular weight is 684 g/mol. The fraction of sp³-hybridized carbons (Fsp3) is 0.486. The van der Waals surface area contributed by atoms with Gasteiger partial charge in [-0.1, -0.05) is 102 Å². The highest BCUT2D eigenvalue weighted by Crippen LogP contribution is 2.46. The van der Waals surface area contributed by atoms with E-state index >= 15 is 0 Å². The van der Waals surface area contributed by atoms with Crippen LogP contribution in [0.2, 0.25) is 41.3 Å². The Hall–Kier alpha value is -2.79. The molecule has 1 aliphatic rings. The maximum Gasteiger partial charge on any atom is 0.342 e. The number of hydrogen-bond acceptors (Lipinski definition) is 6. The lowest BCUT2D eigenvalue weighted by atomic mass is 10.0. The van der Waals surface area contributed by atoms with Gasteiger partial charge in [0.05, 0.1) is 17.3 Å². The van der Waals surface area contributed by atoms with Crippen LogP contribution in [0, 0.1) is 0 Å². The second-order valence-corrected chi connectivity index (χ2v) is 24.9. The molecule has 0 fully saturated rings. The zero-order valence-electron chi connectivity index (χ0n) is 29.7. The van der Waals surface area contributed by atoms with Gasteiger partial charge in [-0.15, -0.1) is 0 Å². The van der Waals surface area contributed by atoms with E-state index in [-0.39, 0.29) is 21.7 Å². The van der Waals surface area contributed by atoms with Crippen molar-refractivity contribution in [1.29, 1.82) is 0 Å². The number of ether oxygens (including phenoxy) is 1. The van der Waals surface area contributed by atoms with Crippen LogP contribution in [0.25, 0.3) is 6.08 Å². The molecular formula is C37H54ClNO5Si2. The van der Waals surface area contributed by atoms with Crippen LogP contribution in [-0.4, -0.2) is 28.7 Å². The third-order valence-electron chi connectivity index (χ3n) is 9.09. The second-order valence-electron chi connectivity index (χ2n) is 15.1. The molecule has 0 spiro atoms. The Morgan fingerprint density at radius 3 is 2.09 bits per heavy atom. The van der Waals surface area contributed by atoms with Crippen LogP contribution >= 0.6 is 11.6 Å². The van der Waals surface area contributed by atoms with Crippen LogP contribution in [0.15, 0.2) is 66.4 Å². The maximum absolute atomic E-state index is 14.2. The van der Waals surface area contributed by atoms with E-state index in [0.29, 0.717) is 40.8 Å². The number of esters is 1. The number of cyclic esters (lactones) is 1. The number of carbonyl (C=O) groups excluding carboxylic acids is 1. The fourth-order valence-electron chi connectivity index (χ4n) is 4.13. The highest BCUT2D eigenvalue weighted by Gasteiger charge is 2.42. The van der Waals surface area contributed by atoms with Crippen molar-refractivity contribution in [3.63, 3.8) is 0 Å². The third kappa shape index (κ3) is 10.1. The number of nitrogens with one attached hydrogen (secondary N) is 1. The molecule has 9 heteroatoms. The normalized spacial score (nSPS) is 18.8. The molecule has 1 heterocycles. The minimum Gasteiger partial charge on any atom is -0.543 e. The highest BCUT2D eigenvalue weighted by molar-refractivity contribution is 6.75. The Bertz CT molecular complexity index is 1440. The van der Waals surface area contributed by atoms with Gasteiger partial charge < -0.3 is 13.6 Å². The monoisotopic (exact) mass is 683 g/mol. The van der Waals surface area contributed by atoms with Gasteiger partial charge in [-0.05, 0) is 73.7 Å². The van der Waals surface area contributed by atoms with Crippen molar-refractivity contribution in [2.75, 3.05) is 0 Å². The first-order valence-corrected chi connectivity index (χ1v) is 22.4. The van der Waals surface area contributed by atoms with E-state index in [9.17, 15) is 4.79 Å². The summed E-state index contributed by atoms with van der Waals surface area (Å²) in [6, 6.07) is 11.7. The lowest BCUT2D eigenvalue weighted by Gasteiger charge is -2.39. The van der Waals surface area contributed by atoms with Crippen molar-refractivity contribution < 1.29 is 23.2 Å². The summed E-state index contributed by atoms with van der Waals surface area (Å²) in [6.07, 6.45) is 12.0. The van der Waals surface area contributed by atoms with Crippen molar-refractivity contribution in [2.24, 2.45) is 0 Å². The molecule has 0 aliphatic carbocycles. The number of rotatable bonds is 8. The Morgan fingerprint density at radius 2 is 1.48 bits per heavy atom. The molecule has 2 aromatic carbocycles. The van der Waals surface area contributed by atoms with Crippen LogP contribution in [-0.2, 0) is 16.2 Å². The first-order chi connectivity index (χ1) is 21.3. The Kier molecular flexibility index (Phi) is 12.6. The SMILES string of the molecule is C[C@@H]1CC=CCC/C=C/C(NOCc2ccccc2)=C/c2c(Cl)c(O[Si](C)(C)C(C)(C)C)cc(O[Si](C)(C)C(C)(C)C)c2C(=O)O1. The standard InChI is InChI=1S/C37H54ClNO5Si2/c1-27-20-16-13-12-14-19-23-29(39-41-26-28-21-17-15-18-22-28)24-30-33(35(40)42-27)31(43-45(8,9)36(2,3)4)25-32(34(30)38)44-46(10,11)37(5,6)7/h13,15-19,21-25,27,39H,12,14,20,26H2,1-11H3/b16-13?,23-19+,29-24-/t27-/m1/s1. The summed E-state index contributed by atoms with van der Waals surface area (Å²) >= 11 is 7.26. The average Bonchev–Trinajstić information content (AvgIpc) is 2.93. The highest BCUT2D eigenvalue weighted by atomic mass is 35.5. The number of hydroxylamine groups is 1. The van der Waals surface area contributed by atoms with Gasteiger partial charge in [0.15, 0.2) is 0 Å². The van der Waals surface area contributed by atoms with Crippen LogP contribution in [0.4, 0.5) is 0 Å². The van der Waals surface area contributed by atoms with Crippen LogP contribution < -0.4 is 14.3 Å². The molecule has 0 radical (unpaired) electrons. The van der Waals surface area contributed by atoms with E-state index in [1.165, 1.54) is 0 Å². The Labute approximate surface area is 284 Å². The van der Waals surface area contributed by atoms with E-state index in [0.717, 1.165) is 18.4 Å². The van der Waals surface area contributed by atoms with E-state index in [1.807, 2.05) is 49.4 Å². The molecule has 46 heavy (non-hydrogen) atoms. The molecule has 3 rings (SSSR count). The van der Waals surface area contributed by atoms with Gasteiger partial charge >= 0.3 is 5.97 Å². The number of benzene rings is 2. The van der Waals surface area contributed by atoms with Crippen LogP contribution in [0.5, 0.6) is 11.5 Å². The lowest BCUT2D eigenvalue weighted by Crippen LogP contribution is -2.45. The zero-order valence-corrected chi connectivity index (χ0v) is 32.4. The van der Waals surface area contributed by atoms with Crippen molar-refractivity contribution in [3.05, 3.63) is 88.1 Å². The molecule has 0 bridgehead atoms. The molecule has 1 aliphatic heterocycles. The summed E-state index contributed by atoms with van der Waals surface area (Å²) in [4.78, 5) is 20.1. The van der Waals surface area contributed by atoms with Crippen molar-refractivity contribution >= 4 is 40.3 Å². The molecule has 0 saturated carbocycles. The molecular weight excluding hydrogens is 630 g/mol. The van der Waals surface area contributed by atoms with E-state index in [4.69, 9.17) is 30.0 Å². The summed E-state index contributed by atoms with van der Waals surface area (Å²) in [5.41, 5.74) is 5.50. The van der Waals surface area contributed by atoms with Gasteiger partial charge in [0.25, 0.3) is 16.6 Å². The van der Waals surface area contributed by atoms with Crippen LogP contribution in [0.3, 0.4) is 0 Å². The first kappa shape index (κ1) is 37.7. The number of hydrogen-bond donors (Lipinski definition) is 1. The minimum atomic E-state index is -2.43. The molecule has 0 unspecified atom stereocenters. The fourth-order valence-corrected chi connectivity index (χ4v) is 6.47. The van der Waals surface area contributed by atoms with Crippen molar-refractivity contribution in [1.82, 2.24) is 5.48 Å². The number of allylic oxidation sites excluding steroid dienone is 3. The molecule has 0 aromatic heterocycles. The molecule has 0 saturated heterocycles. The van der Waals surface area contributed by atoms with E-state index < -0.39 is 22.6 Å². The number of fused-ring (bicyclic) bond motifs is 1. The lowest BCUT2D eigenvalue weighted by molar-refractivity contribution is 0.0345. The summed E-state index contributed by atoms with van der Waals surface area (Å²) < 4.78 is 19.8. The molecule has 0 amide bonds. The van der Waals surface area contributed by atoms with Gasteiger partial charge in [-0.25, -0.2) is 4.79 Å². The van der Waals surface area contributed by atoms with E-state index in [1.54, 1.807) is 6.07 Å². The van der Waals surface area contributed by atoms with Gasteiger partial charge in [-0.2, -0.15) is 0 Å². The van der Waals surface area contributed by atoms with Gasteiger partial charge in [0, 0.05) is 18.1 Å². The number of carbonyl (C=O) groups is 1. The summed E-state index contributed by atoms with van der Waals surface area (Å²) in [7, 11) is -4.77. The first-order valence-electron chi connectivity index (χ1n) is 16.2. The molecule has 1 atom stereocenters. The van der Waals surface area contributed by atoms with Gasteiger partial charge in [-0.3, -0.25) is 10.3 Å². The third-order valence-corrected chi connectivity index (χ3v) is 18.2. The largest absolute Gasteiger partial charge is 0.543 e. The quantitative estimate of drug-likeness (QED) is 0.129. The van der Waals surface area contributed by atoms with Crippen molar-refractivity contribution in [3.8, 4) is 11.5 Å². The maximum atomic E-state index is 14.2. The topological polar surface area (TPSA) is 66.0 Å². The molecule has 1 N–H and O–H groups in total. The number of halogens is 1. The molecule has 252 valence electrons. The summed E-state index contributed by atoms with van der Waals surface area (Å²) in [5, 5.41) is 0.122. The predicted molar refractivity (Wildman–Crippen MR) is 196 cm³/mol. The molecule has 6 nitrogen and oxygen atoms in total. The summed E-state index contributed by atoms with van der Waals surface area (Å²) in [6.45, 7) is 24.0. The zero-order chi connectivity index (χ0) is 34.3. The molecule has 2 aromatic rings. The Morgan fingerprint density at radius 1 is 0.891 bits per heavy atom. The second kappa shape index (κ2) is 15.4. The smallest absolute Gasteiger partial charge is 0.342 e. The van der Waals surface area contributed by atoms with E-state index in [2.05, 4.69) is 91.4 Å². The minimum absolute atomic E-state index is 0.0815. The summed E-state index contributed by atoms with van der Waals surface area (Å²) in [5.74, 6) is 0.423. The predicted octanol–water partition coefficient (Wildman–Crippen LogP) is 11.0. The van der Waals surface area contributed by atoms with Crippen LogP contribution in [0.1, 0.15) is 89.2 Å². The van der Waals surface area contributed by atoms with Crippen molar-refractivity contribution in [2.45, 2.75) is 117 Å².